The second-order valence-corrected chi connectivity index (χ2v) is 10.5. The molecule has 4 heteroatoms. The van der Waals surface area contributed by atoms with Crippen LogP contribution >= 0.6 is 0 Å². The van der Waals surface area contributed by atoms with Crippen LogP contribution in [0.4, 0.5) is 0 Å². The van der Waals surface area contributed by atoms with E-state index in [1.54, 1.807) is 0 Å². The fraction of sp³-hybridized carbons (Fsp3) is 0.882. The molecule has 0 atom stereocenters. The number of esters is 2. The molecule has 0 aromatic carbocycles. The minimum atomic E-state index is -0.0415. The number of hydrogen-bond acceptors (Lipinski definition) is 4. The van der Waals surface area contributed by atoms with Gasteiger partial charge in [0, 0.05) is 12.8 Å². The largest absolute Gasteiger partial charge is 0.466 e. The molecular weight excluding hydrogens is 472 g/mol. The molecule has 0 N–H and O–H groups in total. The first kappa shape index (κ1) is 38.8. The van der Waals surface area contributed by atoms with Crippen molar-refractivity contribution in [3.63, 3.8) is 0 Å². The van der Waals surface area contributed by atoms with Gasteiger partial charge in [-0.1, -0.05) is 129 Å². The number of carbonyl (C=O) groups is 2. The Morgan fingerprint density at radius 2 is 0.711 bits per heavy atom. The van der Waals surface area contributed by atoms with Crippen molar-refractivity contribution in [3.05, 3.63) is 12.2 Å². The van der Waals surface area contributed by atoms with E-state index in [9.17, 15) is 9.59 Å². The fourth-order valence-corrected chi connectivity index (χ4v) is 4.39. The lowest BCUT2D eigenvalue weighted by Crippen LogP contribution is -2.03. The number of unbranched alkanes of at least 4 members (excludes halogenated alkanes) is 19. The summed E-state index contributed by atoms with van der Waals surface area (Å²) >= 11 is 0. The Bertz CT molecular complexity index is 501. The third-order valence-corrected chi connectivity index (χ3v) is 6.74. The van der Waals surface area contributed by atoms with Gasteiger partial charge in [-0.3, -0.25) is 9.59 Å². The molecule has 226 valence electrons. The lowest BCUT2D eigenvalue weighted by molar-refractivity contribution is -0.144. The van der Waals surface area contributed by atoms with Gasteiger partial charge in [-0.25, -0.2) is 0 Å². The predicted molar refractivity (Wildman–Crippen MR) is 165 cm³/mol. The summed E-state index contributed by atoms with van der Waals surface area (Å²) in [5, 5.41) is 0. The van der Waals surface area contributed by atoms with Crippen LogP contribution in [0.25, 0.3) is 0 Å². The molecule has 0 aromatic rings. The first-order chi connectivity index (χ1) is 18.6. The third-order valence-electron chi connectivity index (χ3n) is 6.74. The average Bonchev–Trinajstić information content (AvgIpc) is 2.90. The van der Waals surface area contributed by atoms with Crippen molar-refractivity contribution in [3.8, 4) is 0 Å². The van der Waals surface area contributed by atoms with Crippen LogP contribution in [0.2, 0.25) is 0 Å². The Kier molecular flexibility index (Phi) is 36.5. The van der Waals surface area contributed by atoms with Crippen molar-refractivity contribution in [2.45, 2.75) is 182 Å². The molecule has 0 bridgehead atoms. The molecule has 0 rings (SSSR count). The van der Waals surface area contributed by atoms with Gasteiger partial charge in [-0.15, -0.1) is 0 Å². The number of rotatable bonds is 27. The Hall–Kier alpha value is -1.32. The first-order valence-corrected chi connectivity index (χ1v) is 16.6. The van der Waals surface area contributed by atoms with Gasteiger partial charge in [0.1, 0.15) is 0 Å². The molecule has 0 saturated carbocycles. The molecule has 0 aromatic heterocycles. The average molecular weight is 539 g/mol. The summed E-state index contributed by atoms with van der Waals surface area (Å²) < 4.78 is 9.79. The van der Waals surface area contributed by atoms with Crippen molar-refractivity contribution in [1.29, 1.82) is 0 Å². The zero-order valence-corrected chi connectivity index (χ0v) is 26.2. The van der Waals surface area contributed by atoms with E-state index in [-0.39, 0.29) is 11.9 Å². The van der Waals surface area contributed by atoms with Gasteiger partial charge in [0.2, 0.25) is 0 Å². The number of allylic oxidation sites excluding steroid dienone is 2. The Labute approximate surface area is 238 Å². The van der Waals surface area contributed by atoms with Gasteiger partial charge < -0.3 is 9.47 Å². The lowest BCUT2D eigenvalue weighted by Gasteiger charge is -2.02. The van der Waals surface area contributed by atoms with E-state index in [0.29, 0.717) is 26.1 Å². The van der Waals surface area contributed by atoms with Crippen LogP contribution in [-0.4, -0.2) is 25.2 Å². The highest BCUT2D eigenvalue weighted by atomic mass is 16.5. The second kappa shape index (κ2) is 35.7. The molecule has 0 saturated heterocycles. The van der Waals surface area contributed by atoms with Crippen LogP contribution in [0.5, 0.6) is 0 Å². The smallest absolute Gasteiger partial charge is 0.305 e. The highest BCUT2D eigenvalue weighted by molar-refractivity contribution is 5.69. The molecule has 0 aliphatic carbocycles. The van der Waals surface area contributed by atoms with E-state index in [1.165, 1.54) is 122 Å². The minimum Gasteiger partial charge on any atom is -0.466 e. The van der Waals surface area contributed by atoms with E-state index >= 15 is 0 Å². The Morgan fingerprint density at radius 1 is 0.421 bits per heavy atom. The molecule has 0 radical (unpaired) electrons. The molecule has 38 heavy (non-hydrogen) atoms. The van der Waals surface area contributed by atoms with Gasteiger partial charge in [-0.2, -0.15) is 0 Å². The maximum atomic E-state index is 11.1. The molecule has 0 spiro atoms. The van der Waals surface area contributed by atoms with Crippen LogP contribution in [0.3, 0.4) is 0 Å². The predicted octanol–water partition coefficient (Wildman–Crippen LogP) is 11.1. The monoisotopic (exact) mass is 538 g/mol. The maximum Gasteiger partial charge on any atom is 0.305 e. The van der Waals surface area contributed by atoms with Crippen LogP contribution in [0.1, 0.15) is 182 Å². The van der Waals surface area contributed by atoms with Crippen LogP contribution in [0, 0.1) is 0 Å². The minimum absolute atomic E-state index is 0.0366. The fourth-order valence-electron chi connectivity index (χ4n) is 4.39. The summed E-state index contributed by atoms with van der Waals surface area (Å²) in [7, 11) is 0. The summed E-state index contributed by atoms with van der Waals surface area (Å²) in [6, 6.07) is 0. The number of carbonyl (C=O) groups excluding carboxylic acids is 2. The highest BCUT2D eigenvalue weighted by Crippen LogP contribution is 2.11. The van der Waals surface area contributed by atoms with Gasteiger partial charge in [0.15, 0.2) is 0 Å². The van der Waals surface area contributed by atoms with E-state index in [1.807, 2.05) is 13.8 Å². The molecule has 0 aliphatic rings. The molecule has 0 aliphatic heterocycles. The van der Waals surface area contributed by atoms with Gasteiger partial charge >= 0.3 is 11.9 Å². The van der Waals surface area contributed by atoms with Gasteiger partial charge in [0.05, 0.1) is 13.2 Å². The molecule has 4 nitrogen and oxygen atoms in total. The maximum absolute atomic E-state index is 11.1. The molecule has 0 amide bonds. The van der Waals surface area contributed by atoms with E-state index in [2.05, 4.69) is 26.0 Å². The van der Waals surface area contributed by atoms with E-state index in [4.69, 9.17) is 9.47 Å². The normalized spacial score (nSPS) is 10.8. The van der Waals surface area contributed by atoms with Gasteiger partial charge in [-0.05, 0) is 52.4 Å². The zero-order chi connectivity index (χ0) is 28.4. The highest BCUT2D eigenvalue weighted by Gasteiger charge is 2.01. The summed E-state index contributed by atoms with van der Waals surface area (Å²) in [5.41, 5.74) is 0. The lowest BCUT2D eigenvalue weighted by atomic mass is 10.1. The van der Waals surface area contributed by atoms with E-state index in [0.717, 1.165) is 19.3 Å². The van der Waals surface area contributed by atoms with Gasteiger partial charge in [0.25, 0.3) is 0 Å². The van der Waals surface area contributed by atoms with Crippen LogP contribution < -0.4 is 0 Å². The van der Waals surface area contributed by atoms with Crippen molar-refractivity contribution in [2.75, 3.05) is 13.2 Å². The van der Waals surface area contributed by atoms with Crippen molar-refractivity contribution in [1.82, 2.24) is 0 Å². The SMILES string of the molecule is CCCCCCCC/C=C\CCCCCCCC(=O)OCC.CCCCCCCCCCCC(=O)OCC. The van der Waals surface area contributed by atoms with Crippen molar-refractivity contribution < 1.29 is 19.1 Å². The summed E-state index contributed by atoms with van der Waals surface area (Å²) in [6.07, 6.45) is 34.2. The first-order valence-electron chi connectivity index (χ1n) is 16.6. The molecule has 0 heterocycles. The van der Waals surface area contributed by atoms with Crippen LogP contribution in [0.15, 0.2) is 12.2 Å². The molecule has 0 unspecified atom stereocenters. The number of ether oxygens (including phenoxy) is 2. The summed E-state index contributed by atoms with van der Waals surface area (Å²) in [6.45, 7) is 9.24. The topological polar surface area (TPSA) is 52.6 Å². The zero-order valence-electron chi connectivity index (χ0n) is 26.2. The third kappa shape index (κ3) is 36.8. The Morgan fingerprint density at radius 3 is 1.03 bits per heavy atom. The second-order valence-electron chi connectivity index (χ2n) is 10.5. The van der Waals surface area contributed by atoms with Crippen molar-refractivity contribution >= 4 is 11.9 Å². The standard InChI is InChI=1S/C20H38O2.C14H28O2/c1-3-5-6-7-8-9-10-11-12-13-14-15-16-17-18-19-20(21)22-4-2;1-3-5-6-7-8-9-10-11-12-13-14(15)16-4-2/h11-12H,3-10,13-19H2,1-2H3;3-13H2,1-2H3/b12-11-;. The van der Waals surface area contributed by atoms with E-state index < -0.39 is 0 Å². The van der Waals surface area contributed by atoms with Crippen LogP contribution in [-0.2, 0) is 19.1 Å². The molecule has 0 fully saturated rings. The quantitative estimate of drug-likeness (QED) is 0.0593. The molecular formula is C34H66O4. The number of hydrogen-bond donors (Lipinski definition) is 0. The summed E-state index contributed by atoms with van der Waals surface area (Å²) in [4.78, 5) is 22.2. The Balaban J connectivity index is 0. The summed E-state index contributed by atoms with van der Waals surface area (Å²) in [5.74, 6) is -0.0782. The van der Waals surface area contributed by atoms with Crippen molar-refractivity contribution in [2.24, 2.45) is 0 Å².